The number of oxazole rings is 1. The summed E-state index contributed by atoms with van der Waals surface area (Å²) in [5.41, 5.74) is 1.25. The van der Waals surface area contributed by atoms with Crippen LogP contribution in [0, 0.1) is 11.6 Å². The Morgan fingerprint density at radius 1 is 1.35 bits per heavy atom. The van der Waals surface area contributed by atoms with Crippen LogP contribution in [-0.4, -0.2) is 22.3 Å². The Balaban J connectivity index is 1.70. The summed E-state index contributed by atoms with van der Waals surface area (Å²) in [6, 6.07) is 3.53. The quantitative estimate of drug-likeness (QED) is 0.872. The van der Waals surface area contributed by atoms with Gasteiger partial charge < -0.3 is 9.32 Å². The molecule has 3 rings (SSSR count). The fourth-order valence-electron chi connectivity index (χ4n) is 2.61. The number of benzene rings is 1. The Bertz CT molecular complexity index is 740. The summed E-state index contributed by atoms with van der Waals surface area (Å²) in [7, 11) is 0. The maximum atomic E-state index is 13.2. The van der Waals surface area contributed by atoms with Gasteiger partial charge in [0.1, 0.15) is 11.5 Å². The van der Waals surface area contributed by atoms with Gasteiger partial charge in [-0.2, -0.15) is 0 Å². The van der Waals surface area contributed by atoms with E-state index in [4.69, 9.17) is 4.42 Å². The Hall–Kier alpha value is -2.24. The zero-order valence-electron chi connectivity index (χ0n) is 13.1. The molecule has 0 saturated carbocycles. The number of amides is 1. The molecule has 0 aliphatic carbocycles. The van der Waals surface area contributed by atoms with E-state index < -0.39 is 11.6 Å². The first-order valence-corrected chi connectivity index (χ1v) is 7.64. The summed E-state index contributed by atoms with van der Waals surface area (Å²) in [6.45, 7) is 4.95. The minimum Gasteiger partial charge on any atom is -0.445 e. The fraction of sp³-hybridized carbons (Fsp3) is 0.412. The molecule has 1 aliphatic heterocycles. The number of hydrogen-bond acceptors (Lipinski definition) is 3. The Morgan fingerprint density at radius 3 is 2.83 bits per heavy atom. The van der Waals surface area contributed by atoms with Crippen LogP contribution in [0.15, 0.2) is 22.6 Å². The molecule has 0 radical (unpaired) electrons. The van der Waals surface area contributed by atoms with Gasteiger partial charge in [-0.3, -0.25) is 4.79 Å². The molecule has 6 heteroatoms. The summed E-state index contributed by atoms with van der Waals surface area (Å²) in [6.07, 6.45) is 0.667. The highest BCUT2D eigenvalue weighted by Gasteiger charge is 2.26. The molecule has 0 atom stereocenters. The van der Waals surface area contributed by atoms with Gasteiger partial charge >= 0.3 is 0 Å². The number of aromatic nitrogens is 1. The lowest BCUT2D eigenvalue weighted by Gasteiger charge is -2.25. The lowest BCUT2D eigenvalue weighted by molar-refractivity contribution is -0.131. The molecule has 1 aromatic carbocycles. The van der Waals surface area contributed by atoms with Gasteiger partial charge in [0.25, 0.3) is 0 Å². The lowest BCUT2D eigenvalue weighted by Crippen LogP contribution is -2.36. The van der Waals surface area contributed by atoms with Crippen molar-refractivity contribution in [2.75, 3.05) is 6.54 Å². The zero-order chi connectivity index (χ0) is 16.6. The van der Waals surface area contributed by atoms with Crippen molar-refractivity contribution in [2.24, 2.45) is 0 Å². The monoisotopic (exact) mass is 320 g/mol. The van der Waals surface area contributed by atoms with E-state index in [1.807, 2.05) is 13.8 Å². The molecule has 0 N–H and O–H groups in total. The predicted molar refractivity (Wildman–Crippen MR) is 79.8 cm³/mol. The second-order valence-corrected chi connectivity index (χ2v) is 6.07. The molecular weight excluding hydrogens is 302 g/mol. The van der Waals surface area contributed by atoms with Gasteiger partial charge in [0.15, 0.2) is 17.5 Å². The molecule has 1 aromatic heterocycles. The third-order valence-electron chi connectivity index (χ3n) is 3.93. The number of carbonyl (C=O) groups is 1. The van der Waals surface area contributed by atoms with E-state index in [2.05, 4.69) is 4.98 Å². The molecule has 23 heavy (non-hydrogen) atoms. The molecule has 122 valence electrons. The molecule has 4 nitrogen and oxygen atoms in total. The minimum atomic E-state index is -0.936. The van der Waals surface area contributed by atoms with Gasteiger partial charge in [0.05, 0.1) is 13.0 Å². The minimum absolute atomic E-state index is 0.0431. The van der Waals surface area contributed by atoms with Crippen LogP contribution in [-0.2, 0) is 24.2 Å². The highest BCUT2D eigenvalue weighted by Crippen LogP contribution is 2.24. The third-order valence-corrected chi connectivity index (χ3v) is 3.93. The Morgan fingerprint density at radius 2 is 2.13 bits per heavy atom. The van der Waals surface area contributed by atoms with Gasteiger partial charge in [0.2, 0.25) is 5.91 Å². The van der Waals surface area contributed by atoms with Gasteiger partial charge in [-0.15, -0.1) is 0 Å². The molecule has 2 aromatic rings. The zero-order valence-corrected chi connectivity index (χ0v) is 13.1. The van der Waals surface area contributed by atoms with Crippen molar-refractivity contribution >= 4 is 5.91 Å². The van der Waals surface area contributed by atoms with Gasteiger partial charge in [-0.05, 0) is 17.7 Å². The molecule has 0 saturated heterocycles. The summed E-state index contributed by atoms with van der Waals surface area (Å²) in [5.74, 6) is -0.250. The van der Waals surface area contributed by atoms with Crippen molar-refractivity contribution in [3.8, 4) is 0 Å². The van der Waals surface area contributed by atoms with Crippen molar-refractivity contribution in [1.29, 1.82) is 0 Å². The standard InChI is InChI=1S/C17H18F2N2O2/c1-10(2)17-20-14-9-21(6-5-15(14)23-17)16(22)8-11-3-4-12(18)13(19)7-11/h3-4,7,10H,5-6,8-9H2,1-2H3. The fourth-order valence-corrected chi connectivity index (χ4v) is 2.61. The van der Waals surface area contributed by atoms with Crippen molar-refractivity contribution < 1.29 is 18.0 Å². The Labute approximate surface area is 133 Å². The number of nitrogens with zero attached hydrogens (tertiary/aromatic N) is 2. The average Bonchev–Trinajstić information content (AvgIpc) is 2.94. The molecule has 0 bridgehead atoms. The number of carbonyl (C=O) groups excluding carboxylic acids is 1. The first kappa shape index (κ1) is 15.6. The normalized spacial score (nSPS) is 14.2. The second kappa shape index (κ2) is 6.10. The van der Waals surface area contributed by atoms with Crippen molar-refractivity contribution in [1.82, 2.24) is 9.88 Å². The Kier molecular flexibility index (Phi) is 4.15. The third kappa shape index (κ3) is 3.25. The SMILES string of the molecule is CC(C)c1nc2c(o1)CCN(C(=O)Cc1ccc(F)c(F)c1)C2. The molecular formula is C17H18F2N2O2. The van der Waals surface area contributed by atoms with Gasteiger partial charge in [-0.1, -0.05) is 19.9 Å². The van der Waals surface area contributed by atoms with E-state index in [0.717, 1.165) is 23.6 Å². The number of hydrogen-bond donors (Lipinski definition) is 0. The van der Waals surface area contributed by atoms with E-state index >= 15 is 0 Å². The summed E-state index contributed by atoms with van der Waals surface area (Å²) >= 11 is 0. The lowest BCUT2D eigenvalue weighted by atomic mass is 10.1. The molecule has 0 unspecified atom stereocenters. The highest BCUT2D eigenvalue weighted by molar-refractivity contribution is 5.79. The van der Waals surface area contributed by atoms with Gasteiger partial charge in [-0.25, -0.2) is 13.8 Å². The van der Waals surface area contributed by atoms with Crippen LogP contribution >= 0.6 is 0 Å². The van der Waals surface area contributed by atoms with E-state index in [1.54, 1.807) is 4.90 Å². The highest BCUT2D eigenvalue weighted by atomic mass is 19.2. The molecule has 0 spiro atoms. The number of rotatable bonds is 3. The van der Waals surface area contributed by atoms with Crippen LogP contribution in [0.5, 0.6) is 0 Å². The van der Waals surface area contributed by atoms with Crippen molar-refractivity contribution in [2.45, 2.75) is 39.2 Å². The van der Waals surface area contributed by atoms with Crippen LogP contribution in [0.1, 0.15) is 42.7 Å². The molecule has 1 aliphatic rings. The van der Waals surface area contributed by atoms with Crippen LogP contribution in [0.3, 0.4) is 0 Å². The first-order chi connectivity index (χ1) is 10.9. The van der Waals surface area contributed by atoms with Gasteiger partial charge in [0, 0.05) is 18.9 Å². The number of halogens is 2. The molecule has 0 fully saturated rings. The van der Waals surface area contributed by atoms with Crippen LogP contribution < -0.4 is 0 Å². The maximum Gasteiger partial charge on any atom is 0.227 e. The van der Waals surface area contributed by atoms with E-state index in [1.165, 1.54) is 6.07 Å². The number of fused-ring (bicyclic) bond motifs is 1. The first-order valence-electron chi connectivity index (χ1n) is 7.64. The molecule has 2 heterocycles. The maximum absolute atomic E-state index is 13.2. The van der Waals surface area contributed by atoms with E-state index in [9.17, 15) is 13.6 Å². The van der Waals surface area contributed by atoms with E-state index in [-0.39, 0.29) is 18.2 Å². The average molecular weight is 320 g/mol. The smallest absolute Gasteiger partial charge is 0.227 e. The van der Waals surface area contributed by atoms with E-state index in [0.29, 0.717) is 31.0 Å². The van der Waals surface area contributed by atoms with Crippen molar-refractivity contribution in [3.63, 3.8) is 0 Å². The van der Waals surface area contributed by atoms with Crippen LogP contribution in [0.25, 0.3) is 0 Å². The molecule has 1 amide bonds. The van der Waals surface area contributed by atoms with Crippen molar-refractivity contribution in [3.05, 3.63) is 52.7 Å². The predicted octanol–water partition coefficient (Wildman–Crippen LogP) is 3.20. The summed E-state index contributed by atoms with van der Waals surface area (Å²) in [5, 5.41) is 0. The summed E-state index contributed by atoms with van der Waals surface area (Å²) in [4.78, 5) is 18.5. The topological polar surface area (TPSA) is 46.3 Å². The van der Waals surface area contributed by atoms with Crippen LogP contribution in [0.2, 0.25) is 0 Å². The van der Waals surface area contributed by atoms with Crippen LogP contribution in [0.4, 0.5) is 8.78 Å². The summed E-state index contributed by atoms with van der Waals surface area (Å²) < 4.78 is 31.9. The largest absolute Gasteiger partial charge is 0.445 e. The second-order valence-electron chi connectivity index (χ2n) is 6.07.